The van der Waals surface area contributed by atoms with Gasteiger partial charge in [0.15, 0.2) is 0 Å². The summed E-state index contributed by atoms with van der Waals surface area (Å²) in [6.07, 6.45) is 0. The quantitative estimate of drug-likeness (QED) is 0.594. The fourth-order valence-corrected chi connectivity index (χ4v) is 1.02. The molecule has 0 heterocycles. The van der Waals surface area contributed by atoms with Crippen molar-refractivity contribution in [3.63, 3.8) is 0 Å². The summed E-state index contributed by atoms with van der Waals surface area (Å²) in [7, 11) is 0. The van der Waals surface area contributed by atoms with Crippen LogP contribution in [0.1, 0.15) is 17.7 Å². The average molecular weight is 156 g/mol. The first kappa shape index (κ1) is 7.61. The lowest BCUT2D eigenvalue weighted by molar-refractivity contribution is 0.611. The van der Waals surface area contributed by atoms with E-state index in [1.165, 1.54) is 6.07 Å². The van der Waals surface area contributed by atoms with E-state index in [0.29, 0.717) is 5.56 Å². The largest absolute Gasteiger partial charge is 0.207 e. The summed E-state index contributed by atoms with van der Waals surface area (Å²) < 4.78 is 12.8. The third-order valence-corrected chi connectivity index (χ3v) is 1.63. The van der Waals surface area contributed by atoms with Crippen molar-refractivity contribution in [1.82, 2.24) is 0 Å². The number of benzene rings is 1. The fourth-order valence-electron chi connectivity index (χ4n) is 0.814. The van der Waals surface area contributed by atoms with E-state index in [9.17, 15) is 4.39 Å². The van der Waals surface area contributed by atoms with Gasteiger partial charge in [-0.3, -0.25) is 0 Å². The zero-order valence-electron chi connectivity index (χ0n) is 5.71. The lowest BCUT2D eigenvalue weighted by Gasteiger charge is -2.03. The van der Waals surface area contributed by atoms with Crippen LogP contribution in [0.4, 0.5) is 4.39 Å². The molecule has 1 aromatic rings. The fraction of sp³-hybridized carbons (Fsp3) is 0.250. The van der Waals surface area contributed by atoms with Crippen molar-refractivity contribution in [3.05, 3.63) is 35.6 Å². The van der Waals surface area contributed by atoms with Crippen LogP contribution in [-0.2, 0) is 0 Å². The maximum Gasteiger partial charge on any atom is 0.127 e. The van der Waals surface area contributed by atoms with Crippen molar-refractivity contribution in [2.24, 2.45) is 0 Å². The molecule has 0 nitrogen and oxygen atoms in total. The van der Waals surface area contributed by atoms with Gasteiger partial charge in [0, 0.05) is 10.8 Å². The molecule has 0 amide bonds. The van der Waals surface area contributed by atoms with Gasteiger partial charge in [0.05, 0.1) is 0 Å². The third kappa shape index (κ3) is 1.51. The van der Waals surface area contributed by atoms with Crippen LogP contribution in [0.25, 0.3) is 0 Å². The molecule has 0 unspecified atom stereocenters. The van der Waals surface area contributed by atoms with Crippen LogP contribution < -0.4 is 0 Å². The van der Waals surface area contributed by atoms with E-state index in [2.05, 4.69) is 12.6 Å². The molecule has 2 heteroatoms. The highest BCUT2D eigenvalue weighted by Crippen LogP contribution is 2.20. The topological polar surface area (TPSA) is 0 Å². The molecular formula is C8H9FS. The molecule has 0 saturated carbocycles. The second-order valence-electron chi connectivity index (χ2n) is 2.20. The molecule has 0 spiro atoms. The molecule has 0 radical (unpaired) electrons. The van der Waals surface area contributed by atoms with Gasteiger partial charge in [0.1, 0.15) is 5.82 Å². The summed E-state index contributed by atoms with van der Waals surface area (Å²) in [6.45, 7) is 1.85. The standard InChI is InChI=1S/C8H9FS/c1-6(10)7-4-2-3-5-8(7)9/h2-6,10H,1H3/t6-/m1/s1. The van der Waals surface area contributed by atoms with Crippen LogP contribution in [0.5, 0.6) is 0 Å². The normalized spacial score (nSPS) is 13.1. The van der Waals surface area contributed by atoms with Crippen LogP contribution in [0.3, 0.4) is 0 Å². The van der Waals surface area contributed by atoms with Gasteiger partial charge < -0.3 is 0 Å². The summed E-state index contributed by atoms with van der Waals surface area (Å²) in [4.78, 5) is 0. The summed E-state index contributed by atoms with van der Waals surface area (Å²) in [5.41, 5.74) is 0.658. The molecule has 0 N–H and O–H groups in total. The number of hydrogen-bond donors (Lipinski definition) is 1. The van der Waals surface area contributed by atoms with Crippen molar-refractivity contribution in [2.75, 3.05) is 0 Å². The molecule has 0 saturated heterocycles. The van der Waals surface area contributed by atoms with Crippen molar-refractivity contribution in [3.8, 4) is 0 Å². The molecule has 0 fully saturated rings. The number of halogens is 1. The molecule has 10 heavy (non-hydrogen) atoms. The Morgan fingerprint density at radius 3 is 2.40 bits per heavy atom. The van der Waals surface area contributed by atoms with Crippen LogP contribution in [0.15, 0.2) is 24.3 Å². The van der Waals surface area contributed by atoms with E-state index in [1.54, 1.807) is 12.1 Å². The predicted molar refractivity (Wildman–Crippen MR) is 43.8 cm³/mol. The monoisotopic (exact) mass is 156 g/mol. The number of rotatable bonds is 1. The molecule has 0 bridgehead atoms. The van der Waals surface area contributed by atoms with Crippen molar-refractivity contribution < 1.29 is 4.39 Å². The molecule has 1 rings (SSSR count). The van der Waals surface area contributed by atoms with Crippen LogP contribution in [0.2, 0.25) is 0 Å². The van der Waals surface area contributed by atoms with E-state index < -0.39 is 0 Å². The average Bonchev–Trinajstić information content (AvgIpc) is 1.88. The van der Waals surface area contributed by atoms with Crippen LogP contribution >= 0.6 is 12.6 Å². The van der Waals surface area contributed by atoms with Gasteiger partial charge in [0.25, 0.3) is 0 Å². The minimum atomic E-state index is -0.176. The van der Waals surface area contributed by atoms with Gasteiger partial charge in [-0.15, -0.1) is 0 Å². The Hall–Kier alpha value is -0.500. The van der Waals surface area contributed by atoms with Crippen molar-refractivity contribution >= 4 is 12.6 Å². The Kier molecular flexibility index (Phi) is 2.33. The van der Waals surface area contributed by atoms with Gasteiger partial charge >= 0.3 is 0 Å². The minimum Gasteiger partial charge on any atom is -0.207 e. The zero-order valence-corrected chi connectivity index (χ0v) is 6.61. The van der Waals surface area contributed by atoms with E-state index in [0.717, 1.165) is 0 Å². The van der Waals surface area contributed by atoms with E-state index in [4.69, 9.17) is 0 Å². The Bertz CT molecular complexity index is 220. The Labute approximate surface area is 65.5 Å². The molecule has 54 valence electrons. The second kappa shape index (κ2) is 3.06. The first-order valence-corrected chi connectivity index (χ1v) is 3.66. The predicted octanol–water partition coefficient (Wildman–Crippen LogP) is 2.82. The number of thiol groups is 1. The van der Waals surface area contributed by atoms with Crippen LogP contribution in [-0.4, -0.2) is 0 Å². The SMILES string of the molecule is C[C@@H](S)c1ccccc1F. The van der Waals surface area contributed by atoms with Gasteiger partial charge in [-0.2, -0.15) is 12.6 Å². The second-order valence-corrected chi connectivity index (χ2v) is 2.97. The highest BCUT2D eigenvalue weighted by Gasteiger charge is 2.03. The Morgan fingerprint density at radius 1 is 1.40 bits per heavy atom. The first-order chi connectivity index (χ1) is 4.72. The maximum absolute atomic E-state index is 12.8. The molecule has 0 aromatic heterocycles. The van der Waals surface area contributed by atoms with Crippen LogP contribution in [0, 0.1) is 5.82 Å². The van der Waals surface area contributed by atoms with Crippen molar-refractivity contribution in [2.45, 2.75) is 12.2 Å². The highest BCUT2D eigenvalue weighted by molar-refractivity contribution is 7.80. The Morgan fingerprint density at radius 2 is 2.00 bits per heavy atom. The smallest absolute Gasteiger partial charge is 0.127 e. The molecule has 0 aliphatic heterocycles. The van der Waals surface area contributed by atoms with Crippen molar-refractivity contribution in [1.29, 1.82) is 0 Å². The summed E-state index contributed by atoms with van der Waals surface area (Å²) in [6, 6.07) is 6.68. The first-order valence-electron chi connectivity index (χ1n) is 3.14. The van der Waals surface area contributed by atoms with Gasteiger partial charge in [0.2, 0.25) is 0 Å². The van der Waals surface area contributed by atoms with E-state index >= 15 is 0 Å². The minimum absolute atomic E-state index is 0.0267. The van der Waals surface area contributed by atoms with Gasteiger partial charge in [-0.25, -0.2) is 4.39 Å². The molecule has 0 aliphatic carbocycles. The number of hydrogen-bond acceptors (Lipinski definition) is 1. The highest BCUT2D eigenvalue weighted by atomic mass is 32.1. The zero-order chi connectivity index (χ0) is 7.56. The molecule has 1 atom stereocenters. The molecule has 0 aliphatic rings. The van der Waals surface area contributed by atoms with Gasteiger partial charge in [-0.05, 0) is 13.0 Å². The summed E-state index contributed by atoms with van der Waals surface area (Å²) in [5, 5.41) is -0.0267. The molecular weight excluding hydrogens is 147 g/mol. The lowest BCUT2D eigenvalue weighted by Crippen LogP contribution is -1.88. The van der Waals surface area contributed by atoms with Gasteiger partial charge in [-0.1, -0.05) is 18.2 Å². The van der Waals surface area contributed by atoms with E-state index in [-0.39, 0.29) is 11.1 Å². The maximum atomic E-state index is 12.8. The summed E-state index contributed by atoms with van der Waals surface area (Å²) in [5.74, 6) is -0.176. The van der Waals surface area contributed by atoms with E-state index in [1.807, 2.05) is 13.0 Å². The Balaban J connectivity index is 3.03. The molecule has 1 aromatic carbocycles. The third-order valence-electron chi connectivity index (χ3n) is 1.36. The summed E-state index contributed by atoms with van der Waals surface area (Å²) >= 11 is 4.12. The lowest BCUT2D eigenvalue weighted by atomic mass is 10.1.